The van der Waals surface area contributed by atoms with Gasteiger partial charge in [0.25, 0.3) is 0 Å². The van der Waals surface area contributed by atoms with E-state index in [0.29, 0.717) is 25.6 Å². The highest BCUT2D eigenvalue weighted by molar-refractivity contribution is 5.77. The van der Waals surface area contributed by atoms with Crippen molar-refractivity contribution in [2.75, 3.05) is 13.1 Å². The third-order valence-corrected chi connectivity index (χ3v) is 5.05. The summed E-state index contributed by atoms with van der Waals surface area (Å²) in [6.07, 6.45) is 6.91. The summed E-state index contributed by atoms with van der Waals surface area (Å²) in [6, 6.07) is 7.62. The quantitative estimate of drug-likeness (QED) is 0.859. The Bertz CT molecular complexity index is 596. The van der Waals surface area contributed by atoms with Crippen molar-refractivity contribution >= 4 is 12.0 Å². The van der Waals surface area contributed by atoms with Gasteiger partial charge in [0.1, 0.15) is 5.75 Å². The molecule has 1 aromatic carbocycles. The smallest absolute Gasteiger partial charge is 0.317 e. The molecule has 0 bridgehead atoms. The number of nitrogens with one attached hydrogen (secondary N) is 1. The number of rotatable bonds is 5. The summed E-state index contributed by atoms with van der Waals surface area (Å²) in [4.78, 5) is 24.6. The predicted octanol–water partition coefficient (Wildman–Crippen LogP) is 3.01. The number of hydrogen-bond donors (Lipinski definition) is 2. The Hall–Kier alpha value is -2.24. The molecule has 2 aliphatic rings. The standard InChI is InChI=1S/C19H26N2O4/c22-18(23)15-10-11-21(13-15)19(24)20-12-14-6-8-17(9-7-14)25-16-4-2-1-3-5-16/h6-9,15-16H,1-5,10-13H2,(H,20,24)(H,22,23). The molecule has 6 heteroatoms. The number of carboxylic acid groups (broad SMARTS) is 1. The fourth-order valence-electron chi connectivity index (χ4n) is 3.50. The minimum Gasteiger partial charge on any atom is -0.490 e. The van der Waals surface area contributed by atoms with Crippen LogP contribution in [-0.4, -0.2) is 41.2 Å². The van der Waals surface area contributed by atoms with Gasteiger partial charge >= 0.3 is 12.0 Å². The van der Waals surface area contributed by atoms with E-state index in [1.165, 1.54) is 19.3 Å². The molecule has 1 atom stereocenters. The van der Waals surface area contributed by atoms with Crippen molar-refractivity contribution in [3.8, 4) is 5.75 Å². The first-order chi connectivity index (χ1) is 12.1. The highest BCUT2D eigenvalue weighted by Gasteiger charge is 2.30. The molecule has 0 spiro atoms. The van der Waals surface area contributed by atoms with E-state index < -0.39 is 11.9 Å². The maximum Gasteiger partial charge on any atom is 0.317 e. The predicted molar refractivity (Wildman–Crippen MR) is 93.5 cm³/mol. The van der Waals surface area contributed by atoms with Crippen molar-refractivity contribution in [1.29, 1.82) is 0 Å². The lowest BCUT2D eigenvalue weighted by Gasteiger charge is -2.23. The number of carbonyl (C=O) groups is 2. The van der Waals surface area contributed by atoms with E-state index in [0.717, 1.165) is 24.2 Å². The van der Waals surface area contributed by atoms with E-state index in [2.05, 4.69) is 5.32 Å². The van der Waals surface area contributed by atoms with Gasteiger partial charge in [0.2, 0.25) is 0 Å². The molecule has 1 saturated heterocycles. The molecule has 136 valence electrons. The van der Waals surface area contributed by atoms with Gasteiger partial charge in [-0.05, 0) is 49.8 Å². The SMILES string of the molecule is O=C(O)C1CCN(C(=O)NCc2ccc(OC3CCCCC3)cc2)C1. The van der Waals surface area contributed by atoms with Crippen LogP contribution in [0, 0.1) is 5.92 Å². The zero-order valence-corrected chi connectivity index (χ0v) is 14.4. The van der Waals surface area contributed by atoms with Crippen LogP contribution in [0.3, 0.4) is 0 Å². The fourth-order valence-corrected chi connectivity index (χ4v) is 3.50. The normalized spacial score (nSPS) is 21.1. The van der Waals surface area contributed by atoms with Crippen LogP contribution in [0.15, 0.2) is 24.3 Å². The van der Waals surface area contributed by atoms with Crippen LogP contribution in [0.4, 0.5) is 4.79 Å². The second kappa shape index (κ2) is 8.23. The van der Waals surface area contributed by atoms with Crippen LogP contribution >= 0.6 is 0 Å². The molecule has 2 amide bonds. The average Bonchev–Trinajstić information content (AvgIpc) is 3.12. The molecular weight excluding hydrogens is 320 g/mol. The van der Waals surface area contributed by atoms with Crippen LogP contribution in [-0.2, 0) is 11.3 Å². The molecule has 1 saturated carbocycles. The summed E-state index contributed by atoms with van der Waals surface area (Å²) >= 11 is 0. The van der Waals surface area contributed by atoms with E-state index >= 15 is 0 Å². The first-order valence-corrected chi connectivity index (χ1v) is 9.13. The second-order valence-electron chi connectivity index (χ2n) is 6.95. The fraction of sp³-hybridized carbons (Fsp3) is 0.579. The van der Waals surface area contributed by atoms with Gasteiger partial charge < -0.3 is 20.1 Å². The lowest BCUT2D eigenvalue weighted by atomic mass is 9.98. The Kier molecular flexibility index (Phi) is 5.79. The van der Waals surface area contributed by atoms with E-state index in [4.69, 9.17) is 9.84 Å². The second-order valence-corrected chi connectivity index (χ2v) is 6.95. The van der Waals surface area contributed by atoms with Crippen molar-refractivity contribution < 1.29 is 19.4 Å². The Morgan fingerprint density at radius 1 is 1.12 bits per heavy atom. The number of urea groups is 1. The molecule has 0 radical (unpaired) electrons. The minimum atomic E-state index is -0.830. The molecule has 25 heavy (non-hydrogen) atoms. The van der Waals surface area contributed by atoms with Gasteiger partial charge in [-0.1, -0.05) is 18.6 Å². The summed E-state index contributed by atoms with van der Waals surface area (Å²) in [6.45, 7) is 1.21. The molecule has 1 unspecified atom stereocenters. The molecule has 0 aromatic heterocycles. The largest absolute Gasteiger partial charge is 0.490 e. The monoisotopic (exact) mass is 346 g/mol. The Morgan fingerprint density at radius 3 is 2.48 bits per heavy atom. The zero-order valence-electron chi connectivity index (χ0n) is 14.4. The number of aliphatic carboxylic acids is 1. The summed E-state index contributed by atoms with van der Waals surface area (Å²) < 4.78 is 6.00. The minimum absolute atomic E-state index is 0.203. The van der Waals surface area contributed by atoms with Gasteiger partial charge in [-0.3, -0.25) is 4.79 Å². The number of carboxylic acids is 1. The highest BCUT2D eigenvalue weighted by Crippen LogP contribution is 2.23. The molecule has 2 N–H and O–H groups in total. The molecule has 1 aromatic rings. The van der Waals surface area contributed by atoms with Crippen molar-refractivity contribution in [2.24, 2.45) is 5.92 Å². The zero-order chi connectivity index (χ0) is 17.6. The molecular formula is C19H26N2O4. The molecule has 1 aliphatic heterocycles. The van der Waals surface area contributed by atoms with Crippen molar-refractivity contribution in [3.63, 3.8) is 0 Å². The average molecular weight is 346 g/mol. The summed E-state index contributed by atoms with van der Waals surface area (Å²) in [7, 11) is 0. The molecule has 6 nitrogen and oxygen atoms in total. The first kappa shape index (κ1) is 17.6. The van der Waals surface area contributed by atoms with E-state index in [9.17, 15) is 9.59 Å². The maximum atomic E-state index is 12.1. The third-order valence-electron chi connectivity index (χ3n) is 5.05. The highest BCUT2D eigenvalue weighted by atomic mass is 16.5. The topological polar surface area (TPSA) is 78.9 Å². The van der Waals surface area contributed by atoms with Gasteiger partial charge in [0.15, 0.2) is 0 Å². The summed E-state index contributed by atoms with van der Waals surface area (Å²) in [5.41, 5.74) is 0.998. The maximum absolute atomic E-state index is 12.1. The molecule has 2 fully saturated rings. The summed E-state index contributed by atoms with van der Waals surface area (Å²) in [5, 5.41) is 11.8. The van der Waals surface area contributed by atoms with Crippen LogP contribution < -0.4 is 10.1 Å². The van der Waals surface area contributed by atoms with Crippen LogP contribution in [0.5, 0.6) is 5.75 Å². The van der Waals surface area contributed by atoms with Crippen molar-refractivity contribution in [3.05, 3.63) is 29.8 Å². The van der Waals surface area contributed by atoms with Gasteiger partial charge in [-0.15, -0.1) is 0 Å². The third kappa shape index (κ3) is 4.87. The number of amides is 2. The van der Waals surface area contributed by atoms with Gasteiger partial charge in [-0.2, -0.15) is 0 Å². The lowest BCUT2D eigenvalue weighted by Crippen LogP contribution is -2.38. The Morgan fingerprint density at radius 2 is 1.84 bits per heavy atom. The van der Waals surface area contributed by atoms with E-state index in [1.54, 1.807) is 4.90 Å². The number of nitrogens with zero attached hydrogens (tertiary/aromatic N) is 1. The number of likely N-dealkylation sites (tertiary alicyclic amines) is 1. The van der Waals surface area contributed by atoms with Crippen molar-refractivity contribution in [1.82, 2.24) is 10.2 Å². The molecule has 3 rings (SSSR count). The van der Waals surface area contributed by atoms with Gasteiger partial charge in [-0.25, -0.2) is 4.79 Å². The van der Waals surface area contributed by atoms with Gasteiger partial charge in [0.05, 0.1) is 12.0 Å². The molecule has 1 aliphatic carbocycles. The number of hydrogen-bond acceptors (Lipinski definition) is 3. The van der Waals surface area contributed by atoms with Crippen molar-refractivity contribution in [2.45, 2.75) is 51.2 Å². The Balaban J connectivity index is 1.44. The Labute approximate surface area is 148 Å². The lowest BCUT2D eigenvalue weighted by molar-refractivity contribution is -0.141. The van der Waals surface area contributed by atoms with Crippen LogP contribution in [0.2, 0.25) is 0 Å². The first-order valence-electron chi connectivity index (χ1n) is 9.13. The number of ether oxygens (including phenoxy) is 1. The van der Waals surface area contributed by atoms with Crippen LogP contribution in [0.25, 0.3) is 0 Å². The van der Waals surface area contributed by atoms with E-state index in [-0.39, 0.29) is 12.6 Å². The number of carbonyl (C=O) groups excluding carboxylic acids is 1. The van der Waals surface area contributed by atoms with E-state index in [1.807, 2.05) is 24.3 Å². The summed E-state index contributed by atoms with van der Waals surface area (Å²) in [5.74, 6) is -0.392. The molecule has 1 heterocycles. The van der Waals surface area contributed by atoms with Gasteiger partial charge in [0, 0.05) is 19.6 Å². The number of benzene rings is 1. The van der Waals surface area contributed by atoms with Crippen LogP contribution in [0.1, 0.15) is 44.1 Å².